The first kappa shape index (κ1) is 44.6. The van der Waals surface area contributed by atoms with E-state index in [-0.39, 0.29) is 16.8 Å². The molecule has 0 fully saturated rings. The van der Waals surface area contributed by atoms with Crippen LogP contribution in [0.2, 0.25) is 0 Å². The summed E-state index contributed by atoms with van der Waals surface area (Å²) in [5.41, 5.74) is 11.2. The summed E-state index contributed by atoms with van der Waals surface area (Å²) in [4.78, 5) is 0.0610. The fourth-order valence-corrected chi connectivity index (χ4v) is 6.25. The van der Waals surface area contributed by atoms with Crippen LogP contribution in [0.4, 0.5) is 0 Å². The van der Waals surface area contributed by atoms with Crippen molar-refractivity contribution in [3.05, 3.63) is 29.8 Å². The van der Waals surface area contributed by atoms with Crippen LogP contribution in [0.25, 0.3) is 0 Å². The van der Waals surface area contributed by atoms with Crippen LogP contribution in [-0.4, -0.2) is 51.1 Å². The Morgan fingerprint density at radius 3 is 1.36 bits per heavy atom. The monoisotopic (exact) mass is 682 g/mol. The quantitative estimate of drug-likeness (QED) is 0.0176. The molecule has 0 radical (unpaired) electrons. The van der Waals surface area contributed by atoms with Gasteiger partial charge in [0.25, 0.3) is 10.1 Å². The number of nitrogens with two attached hydrogens (primary N) is 2. The minimum atomic E-state index is -4.10. The van der Waals surface area contributed by atoms with E-state index in [4.69, 9.17) is 22.3 Å². The van der Waals surface area contributed by atoms with Crippen molar-refractivity contribution in [1.29, 1.82) is 10.8 Å². The Bertz CT molecular complexity index is 963. The van der Waals surface area contributed by atoms with Gasteiger partial charge in [-0.1, -0.05) is 134 Å². The van der Waals surface area contributed by atoms with Gasteiger partial charge in [-0.25, -0.2) is 0 Å². The summed E-state index contributed by atoms with van der Waals surface area (Å²) in [5, 5.41) is 23.3. The average molecular weight is 682 g/mol. The van der Waals surface area contributed by atoms with E-state index in [1.165, 1.54) is 122 Å². The van der Waals surface area contributed by atoms with E-state index in [2.05, 4.69) is 22.9 Å². The fourth-order valence-electron chi connectivity index (χ4n) is 5.50. The van der Waals surface area contributed by atoms with Gasteiger partial charge in [0.2, 0.25) is 0 Å². The lowest BCUT2D eigenvalue weighted by molar-refractivity contribution is 0.481. The van der Waals surface area contributed by atoms with Gasteiger partial charge in [0, 0.05) is 13.1 Å². The summed E-state index contributed by atoms with van der Waals surface area (Å²) in [6.07, 6.45) is 28.3. The molecule has 0 saturated carbocycles. The molecule has 10 nitrogen and oxygen atoms in total. The lowest BCUT2D eigenvalue weighted by atomic mass is 10.0. The molecule has 0 aromatic heterocycles. The second-order valence-corrected chi connectivity index (χ2v) is 14.1. The standard InChI is InChI=1S/C18H41N7.C18H30O3S/c19-17(20)24-15-11-7-3-1-5-9-13-23-14-10-6-2-4-8-12-16-25-18(21)22;1-2-3-4-5-6-7-8-9-10-11-14-17-15-12-13-16-18(17)22(19,20)21/h23H,1-16H2,(H4,19,20,24)(H4,21,22,25);12-13,15-16H,2-11,14H2,1H3,(H,19,20,21). The fraction of sp³-hybridized carbons (Fsp3) is 0.778. The molecular weight excluding hydrogens is 611 g/mol. The number of aryl methyl sites for hydroxylation is 1. The molecule has 47 heavy (non-hydrogen) atoms. The Balaban J connectivity index is 0.000000907. The lowest BCUT2D eigenvalue weighted by Gasteiger charge is -2.07. The molecule has 0 heterocycles. The Kier molecular flexibility index (Phi) is 30.6. The Labute approximate surface area is 288 Å². The second-order valence-electron chi connectivity index (χ2n) is 12.7. The third-order valence-electron chi connectivity index (χ3n) is 8.24. The van der Waals surface area contributed by atoms with Crippen LogP contribution >= 0.6 is 0 Å². The summed E-state index contributed by atoms with van der Waals surface area (Å²) < 4.78 is 31.8. The molecule has 10 N–H and O–H groups in total. The number of nitrogens with one attached hydrogen (secondary N) is 5. The molecule has 1 aromatic rings. The number of rotatable bonds is 30. The first-order valence-corrected chi connectivity index (χ1v) is 20.0. The van der Waals surface area contributed by atoms with E-state index >= 15 is 0 Å². The number of unbranched alkanes of at least 4 members (excludes halogenated alkanes) is 19. The number of benzene rings is 1. The topological polar surface area (TPSA) is 190 Å². The number of hydrogen-bond acceptors (Lipinski definition) is 5. The molecule has 11 heteroatoms. The molecule has 0 aliphatic rings. The summed E-state index contributed by atoms with van der Waals surface area (Å²) >= 11 is 0. The van der Waals surface area contributed by atoms with E-state index in [0.29, 0.717) is 6.42 Å². The first-order valence-electron chi connectivity index (χ1n) is 18.6. The van der Waals surface area contributed by atoms with Crippen molar-refractivity contribution in [3.8, 4) is 0 Å². The van der Waals surface area contributed by atoms with Gasteiger partial charge in [0.15, 0.2) is 11.9 Å². The van der Waals surface area contributed by atoms with Gasteiger partial charge in [-0.05, 0) is 63.2 Å². The van der Waals surface area contributed by atoms with E-state index in [9.17, 15) is 13.0 Å². The van der Waals surface area contributed by atoms with Crippen LogP contribution in [-0.2, 0) is 16.5 Å². The average Bonchev–Trinajstić information content (AvgIpc) is 3.03. The maximum Gasteiger partial charge on any atom is 0.294 e. The highest BCUT2D eigenvalue weighted by Crippen LogP contribution is 2.18. The zero-order valence-electron chi connectivity index (χ0n) is 29.7. The van der Waals surface area contributed by atoms with Crippen LogP contribution in [0, 0.1) is 10.8 Å². The van der Waals surface area contributed by atoms with E-state index in [0.717, 1.165) is 57.4 Å². The van der Waals surface area contributed by atoms with Crippen LogP contribution in [0.15, 0.2) is 29.2 Å². The summed E-state index contributed by atoms with van der Waals surface area (Å²) in [6, 6.07) is 6.73. The van der Waals surface area contributed by atoms with E-state index in [1.807, 2.05) is 6.07 Å². The maximum absolute atomic E-state index is 11.3. The Morgan fingerprint density at radius 1 is 0.596 bits per heavy atom. The Morgan fingerprint density at radius 2 is 0.957 bits per heavy atom. The third-order valence-corrected chi connectivity index (χ3v) is 9.20. The smallest absolute Gasteiger partial charge is 0.294 e. The highest BCUT2D eigenvalue weighted by atomic mass is 32.2. The van der Waals surface area contributed by atoms with E-state index < -0.39 is 10.1 Å². The van der Waals surface area contributed by atoms with Crippen LogP contribution in [0.3, 0.4) is 0 Å². The molecule has 0 saturated heterocycles. The SMILES string of the molecule is CCCCCCCCCCCCc1ccccc1S(=O)(=O)O.N=C(N)NCCCCCCCCNCCCCCCCCNC(=N)N. The largest absolute Gasteiger partial charge is 0.370 e. The van der Waals surface area contributed by atoms with Crippen molar-refractivity contribution >= 4 is 22.0 Å². The molecule has 0 aliphatic carbocycles. The summed E-state index contributed by atoms with van der Waals surface area (Å²) in [6.45, 7) is 6.17. The maximum atomic E-state index is 11.3. The van der Waals surface area contributed by atoms with Gasteiger partial charge in [-0.15, -0.1) is 0 Å². The molecule has 1 aromatic carbocycles. The molecule has 0 spiro atoms. The van der Waals surface area contributed by atoms with Gasteiger partial charge < -0.3 is 27.4 Å². The van der Waals surface area contributed by atoms with Crippen LogP contribution in [0.1, 0.15) is 154 Å². The van der Waals surface area contributed by atoms with Crippen molar-refractivity contribution in [3.63, 3.8) is 0 Å². The number of hydrogen-bond donors (Lipinski definition) is 8. The normalized spacial score (nSPS) is 11.1. The van der Waals surface area contributed by atoms with Gasteiger partial charge >= 0.3 is 0 Å². The minimum absolute atomic E-state index is 0.0610. The highest BCUT2D eigenvalue weighted by molar-refractivity contribution is 7.85. The molecular formula is C36H71N7O3S. The van der Waals surface area contributed by atoms with Gasteiger partial charge in [0.05, 0.1) is 4.90 Å². The molecule has 0 aliphatic heterocycles. The van der Waals surface area contributed by atoms with Crippen LogP contribution in [0.5, 0.6) is 0 Å². The molecule has 1 rings (SSSR count). The van der Waals surface area contributed by atoms with Crippen molar-refractivity contribution in [2.24, 2.45) is 11.5 Å². The van der Waals surface area contributed by atoms with Crippen molar-refractivity contribution in [2.45, 2.75) is 159 Å². The molecule has 0 bridgehead atoms. The summed E-state index contributed by atoms with van der Waals surface area (Å²) in [7, 11) is -4.10. The lowest BCUT2D eigenvalue weighted by Crippen LogP contribution is -2.30. The predicted molar refractivity (Wildman–Crippen MR) is 200 cm³/mol. The number of guanidine groups is 2. The zero-order chi connectivity index (χ0) is 34.9. The van der Waals surface area contributed by atoms with Gasteiger partial charge in [0.1, 0.15) is 0 Å². The third kappa shape index (κ3) is 32.0. The van der Waals surface area contributed by atoms with E-state index in [1.54, 1.807) is 12.1 Å². The van der Waals surface area contributed by atoms with Crippen molar-refractivity contribution in [2.75, 3.05) is 26.2 Å². The molecule has 0 unspecified atom stereocenters. The van der Waals surface area contributed by atoms with Crippen molar-refractivity contribution in [1.82, 2.24) is 16.0 Å². The summed E-state index contributed by atoms with van der Waals surface area (Å²) in [5.74, 6) is 0.154. The minimum Gasteiger partial charge on any atom is -0.370 e. The van der Waals surface area contributed by atoms with Crippen LogP contribution < -0.4 is 27.4 Å². The van der Waals surface area contributed by atoms with Gasteiger partial charge in [-0.3, -0.25) is 15.4 Å². The molecule has 0 amide bonds. The Hall–Kier alpha value is -2.37. The predicted octanol–water partition coefficient (Wildman–Crippen LogP) is 7.62. The first-order chi connectivity index (χ1) is 22.7. The highest BCUT2D eigenvalue weighted by Gasteiger charge is 2.13. The second kappa shape index (κ2) is 32.2. The van der Waals surface area contributed by atoms with Gasteiger partial charge in [-0.2, -0.15) is 8.42 Å². The molecule has 0 atom stereocenters. The zero-order valence-corrected chi connectivity index (χ0v) is 30.5. The molecule has 274 valence electrons. The van der Waals surface area contributed by atoms with Crippen molar-refractivity contribution < 1.29 is 13.0 Å².